The smallest absolute Gasteiger partial charge is 0.250 e. The second-order valence-corrected chi connectivity index (χ2v) is 9.32. The highest BCUT2D eigenvalue weighted by Gasteiger charge is 2.19. The fourth-order valence-corrected chi connectivity index (χ4v) is 5.24. The van der Waals surface area contributed by atoms with Gasteiger partial charge in [-0.3, -0.25) is 0 Å². The zero-order valence-electron chi connectivity index (χ0n) is 11.0. The summed E-state index contributed by atoms with van der Waals surface area (Å²) in [6, 6.07) is 3.60. The first-order valence-electron chi connectivity index (χ1n) is 6.59. The Morgan fingerprint density at radius 1 is 1.35 bits per heavy atom. The molecular formula is C12H19BrN2O3S2. The summed E-state index contributed by atoms with van der Waals surface area (Å²) < 4.78 is 33.2. The third kappa shape index (κ3) is 4.78. The van der Waals surface area contributed by atoms with E-state index < -0.39 is 10.0 Å². The molecule has 1 aromatic heterocycles. The van der Waals surface area contributed by atoms with Gasteiger partial charge in [0.25, 0.3) is 0 Å². The average Bonchev–Trinajstić information content (AvgIpc) is 2.84. The largest absolute Gasteiger partial charge is 0.377 e. The Bertz CT molecular complexity index is 525. The minimum Gasteiger partial charge on any atom is -0.377 e. The van der Waals surface area contributed by atoms with Crippen LogP contribution in [0.3, 0.4) is 0 Å². The van der Waals surface area contributed by atoms with Crippen LogP contribution in [0.25, 0.3) is 0 Å². The quantitative estimate of drug-likeness (QED) is 0.737. The number of hydrogen-bond donors (Lipinski definition) is 2. The topological polar surface area (TPSA) is 81.4 Å². The van der Waals surface area contributed by atoms with Crippen molar-refractivity contribution in [3.05, 3.63) is 15.9 Å². The van der Waals surface area contributed by atoms with Gasteiger partial charge in [-0.25, -0.2) is 13.1 Å². The Morgan fingerprint density at radius 2 is 2.05 bits per heavy atom. The molecule has 3 N–H and O–H groups in total. The number of halogens is 1. The third-order valence-corrected chi connectivity index (χ3v) is 6.86. The second-order valence-electron chi connectivity index (χ2n) is 4.86. The van der Waals surface area contributed by atoms with E-state index in [0.29, 0.717) is 23.4 Å². The van der Waals surface area contributed by atoms with E-state index in [1.54, 1.807) is 12.1 Å². The van der Waals surface area contributed by atoms with Crippen molar-refractivity contribution in [3.8, 4) is 0 Å². The maximum atomic E-state index is 11.9. The van der Waals surface area contributed by atoms with Crippen molar-refractivity contribution in [1.82, 2.24) is 4.72 Å². The Kier molecular flexibility index (Phi) is 6.00. The summed E-state index contributed by atoms with van der Waals surface area (Å²) in [4.78, 5) is 0. The average molecular weight is 383 g/mol. The molecule has 1 aromatic rings. The molecule has 1 aliphatic rings. The van der Waals surface area contributed by atoms with Gasteiger partial charge in [0.1, 0.15) is 4.21 Å². The number of nitrogens with one attached hydrogen (secondary N) is 1. The van der Waals surface area contributed by atoms with Gasteiger partial charge in [-0.1, -0.05) is 0 Å². The van der Waals surface area contributed by atoms with E-state index in [1.165, 1.54) is 11.3 Å². The molecule has 2 rings (SSSR count). The van der Waals surface area contributed by atoms with Crippen LogP contribution in [-0.4, -0.2) is 33.7 Å². The van der Waals surface area contributed by atoms with E-state index in [-0.39, 0.29) is 6.10 Å². The zero-order chi connectivity index (χ0) is 14.6. The van der Waals surface area contributed by atoms with Gasteiger partial charge in [0.2, 0.25) is 10.0 Å². The lowest BCUT2D eigenvalue weighted by Crippen LogP contribution is -2.32. The fourth-order valence-electron chi connectivity index (χ4n) is 2.17. The van der Waals surface area contributed by atoms with Gasteiger partial charge in [0, 0.05) is 12.6 Å². The Morgan fingerprint density at radius 3 is 2.65 bits per heavy atom. The first-order chi connectivity index (χ1) is 9.47. The molecule has 0 radical (unpaired) electrons. The first kappa shape index (κ1) is 16.4. The van der Waals surface area contributed by atoms with Crippen LogP contribution in [-0.2, 0) is 14.8 Å². The van der Waals surface area contributed by atoms with Gasteiger partial charge in [0.15, 0.2) is 0 Å². The van der Waals surface area contributed by atoms with Gasteiger partial charge < -0.3 is 10.5 Å². The number of sulfonamides is 1. The molecule has 0 spiro atoms. The number of ether oxygens (including phenoxy) is 1. The highest BCUT2D eigenvalue weighted by atomic mass is 79.9. The van der Waals surface area contributed by atoms with E-state index in [1.807, 2.05) is 0 Å². The summed E-state index contributed by atoms with van der Waals surface area (Å²) in [5.74, 6) is 0. The van der Waals surface area contributed by atoms with Crippen LogP contribution in [0.15, 0.2) is 20.1 Å². The molecule has 8 heteroatoms. The molecule has 0 saturated heterocycles. The molecule has 1 saturated carbocycles. The van der Waals surface area contributed by atoms with Crippen molar-refractivity contribution < 1.29 is 13.2 Å². The van der Waals surface area contributed by atoms with Crippen molar-refractivity contribution in [1.29, 1.82) is 0 Å². The van der Waals surface area contributed by atoms with Crippen LogP contribution in [0.1, 0.15) is 25.7 Å². The van der Waals surface area contributed by atoms with Crippen molar-refractivity contribution in [3.63, 3.8) is 0 Å². The molecule has 0 bridgehead atoms. The Hall–Kier alpha value is 0.01000. The fraction of sp³-hybridized carbons (Fsp3) is 0.667. The molecule has 1 heterocycles. The van der Waals surface area contributed by atoms with Crippen LogP contribution in [0, 0.1) is 0 Å². The molecule has 1 aliphatic carbocycles. The minimum absolute atomic E-state index is 0.218. The molecule has 0 amide bonds. The molecule has 114 valence electrons. The van der Waals surface area contributed by atoms with Crippen molar-refractivity contribution in [2.45, 2.75) is 42.0 Å². The summed E-state index contributed by atoms with van der Waals surface area (Å²) >= 11 is 4.45. The lowest BCUT2D eigenvalue weighted by Gasteiger charge is -2.26. The molecular weight excluding hydrogens is 364 g/mol. The van der Waals surface area contributed by atoms with Crippen molar-refractivity contribution in [2.75, 3.05) is 13.2 Å². The lowest BCUT2D eigenvalue weighted by molar-refractivity contribution is 0.0287. The van der Waals surface area contributed by atoms with E-state index in [9.17, 15) is 8.42 Å². The predicted molar refractivity (Wildman–Crippen MR) is 83.4 cm³/mol. The van der Waals surface area contributed by atoms with Crippen LogP contribution in [0.5, 0.6) is 0 Å². The molecule has 20 heavy (non-hydrogen) atoms. The summed E-state index contributed by atoms with van der Waals surface area (Å²) in [7, 11) is -3.41. The van der Waals surface area contributed by atoms with Gasteiger partial charge in [-0.05, 0) is 53.7 Å². The van der Waals surface area contributed by atoms with Crippen LogP contribution in [0.2, 0.25) is 0 Å². The van der Waals surface area contributed by atoms with Gasteiger partial charge in [0.05, 0.1) is 16.5 Å². The number of rotatable bonds is 6. The second kappa shape index (κ2) is 7.33. The lowest BCUT2D eigenvalue weighted by atomic mass is 9.94. The van der Waals surface area contributed by atoms with Gasteiger partial charge >= 0.3 is 0 Å². The summed E-state index contributed by atoms with van der Waals surface area (Å²) in [6.45, 7) is 0.687. The number of hydrogen-bond acceptors (Lipinski definition) is 5. The van der Waals surface area contributed by atoms with E-state index in [0.717, 1.165) is 29.5 Å². The Balaban J connectivity index is 1.70. The van der Waals surface area contributed by atoms with E-state index in [2.05, 4.69) is 20.7 Å². The predicted octanol–water partition coefficient (Wildman–Crippen LogP) is 2.08. The minimum atomic E-state index is -3.41. The van der Waals surface area contributed by atoms with Crippen LogP contribution >= 0.6 is 27.3 Å². The van der Waals surface area contributed by atoms with Crippen molar-refractivity contribution >= 4 is 37.3 Å². The standard InChI is InChI=1S/C12H19BrN2O3S2/c13-11-5-6-12(19-11)20(16,17)15-7-8-18-10-3-1-9(14)2-4-10/h5-6,9-10,15H,1-4,7-8,14H2. The number of nitrogens with two attached hydrogens (primary N) is 1. The van der Waals surface area contributed by atoms with Crippen LogP contribution < -0.4 is 10.5 Å². The molecule has 0 atom stereocenters. The maximum Gasteiger partial charge on any atom is 0.250 e. The van der Waals surface area contributed by atoms with Gasteiger partial charge in [-0.15, -0.1) is 11.3 Å². The summed E-state index contributed by atoms with van der Waals surface area (Å²) in [6.07, 6.45) is 4.12. The summed E-state index contributed by atoms with van der Waals surface area (Å²) in [5.41, 5.74) is 5.83. The van der Waals surface area contributed by atoms with Crippen molar-refractivity contribution in [2.24, 2.45) is 5.73 Å². The first-order valence-corrected chi connectivity index (χ1v) is 9.69. The van der Waals surface area contributed by atoms with Crippen LogP contribution in [0.4, 0.5) is 0 Å². The SMILES string of the molecule is NC1CCC(OCCNS(=O)(=O)c2ccc(Br)s2)CC1. The highest BCUT2D eigenvalue weighted by Crippen LogP contribution is 2.25. The molecule has 5 nitrogen and oxygen atoms in total. The molecule has 1 fully saturated rings. The van der Waals surface area contributed by atoms with E-state index in [4.69, 9.17) is 10.5 Å². The molecule has 0 aliphatic heterocycles. The summed E-state index contributed by atoms with van der Waals surface area (Å²) in [5, 5.41) is 0. The number of thiophene rings is 1. The normalized spacial score (nSPS) is 23.9. The molecule has 0 unspecified atom stereocenters. The maximum absolute atomic E-state index is 11.9. The monoisotopic (exact) mass is 382 g/mol. The highest BCUT2D eigenvalue weighted by molar-refractivity contribution is 9.11. The van der Waals surface area contributed by atoms with Gasteiger partial charge in [-0.2, -0.15) is 0 Å². The molecule has 0 aromatic carbocycles. The Labute approximate surface area is 132 Å². The third-order valence-electron chi connectivity index (χ3n) is 3.28. The van der Waals surface area contributed by atoms with E-state index >= 15 is 0 Å². The zero-order valence-corrected chi connectivity index (χ0v) is 14.3.